The Bertz CT molecular complexity index is 600. The molecular formula is C27H45ClO3. The Hall–Kier alpha value is -0.380. The summed E-state index contributed by atoms with van der Waals surface area (Å²) in [7, 11) is 0. The Labute approximate surface area is 195 Å². The maximum Gasteiger partial charge on any atom is 0.140 e. The highest BCUT2D eigenvalue weighted by Gasteiger charge is 2.42. The molecule has 0 spiro atoms. The van der Waals surface area contributed by atoms with E-state index in [1.54, 1.807) is 0 Å². The molecule has 0 aromatic rings. The minimum atomic E-state index is -0.506. The number of carbonyl (C=O) groups excluding carboxylic acids is 1. The van der Waals surface area contributed by atoms with Gasteiger partial charge in [-0.25, -0.2) is 0 Å². The molecule has 2 saturated carbocycles. The highest BCUT2D eigenvalue weighted by atomic mass is 35.5. The molecule has 0 amide bonds. The molecule has 3 rings (SSSR count). The van der Waals surface area contributed by atoms with Crippen molar-refractivity contribution in [3.8, 4) is 0 Å². The van der Waals surface area contributed by atoms with Crippen molar-refractivity contribution in [3.05, 3.63) is 12.2 Å². The van der Waals surface area contributed by atoms with Crippen LogP contribution in [0.3, 0.4) is 0 Å². The summed E-state index contributed by atoms with van der Waals surface area (Å²) in [6.07, 6.45) is 13.4. The summed E-state index contributed by atoms with van der Waals surface area (Å²) >= 11 is 6.34. The molecule has 178 valence electrons. The Morgan fingerprint density at radius 3 is 2.39 bits per heavy atom. The average molecular weight is 453 g/mol. The number of hydrogen-bond donors (Lipinski definition) is 1. The van der Waals surface area contributed by atoms with Crippen LogP contribution in [-0.4, -0.2) is 35.6 Å². The molecule has 0 aromatic carbocycles. The Balaban J connectivity index is 1.54. The van der Waals surface area contributed by atoms with Crippen LogP contribution in [0.5, 0.6) is 0 Å². The van der Waals surface area contributed by atoms with Gasteiger partial charge in [-0.2, -0.15) is 0 Å². The summed E-state index contributed by atoms with van der Waals surface area (Å²) < 4.78 is 5.39. The molecule has 3 nitrogen and oxygen atoms in total. The third-order valence-electron chi connectivity index (χ3n) is 8.52. The van der Waals surface area contributed by atoms with E-state index in [2.05, 4.69) is 27.7 Å². The van der Waals surface area contributed by atoms with E-state index < -0.39 is 6.10 Å². The maximum absolute atomic E-state index is 13.2. The topological polar surface area (TPSA) is 46.5 Å². The predicted octanol–water partition coefficient (Wildman–Crippen LogP) is 6.41. The number of rotatable bonds is 8. The van der Waals surface area contributed by atoms with Crippen LogP contribution >= 0.6 is 11.6 Å². The second kappa shape index (κ2) is 11.2. The summed E-state index contributed by atoms with van der Waals surface area (Å²) in [5, 5.41) is 10.8. The van der Waals surface area contributed by atoms with Crippen LogP contribution < -0.4 is 0 Å². The van der Waals surface area contributed by atoms with Crippen LogP contribution in [-0.2, 0) is 9.53 Å². The van der Waals surface area contributed by atoms with Crippen molar-refractivity contribution in [1.82, 2.24) is 0 Å². The van der Waals surface area contributed by atoms with Crippen LogP contribution in [0, 0.1) is 40.9 Å². The number of halogens is 1. The van der Waals surface area contributed by atoms with E-state index in [0.29, 0.717) is 35.5 Å². The van der Waals surface area contributed by atoms with E-state index in [4.69, 9.17) is 16.3 Å². The molecule has 3 fully saturated rings. The number of Topliss-reactive ketones (excluding diaryl/α,β-unsaturated/α-hetero) is 1. The SMILES string of the molecule is CC(C)[C@@H](/C=C/C(O)C1CCOC1)C(=O)CC1CCC(C2CCC(Cl)CC2)C(C)(C)C1. The van der Waals surface area contributed by atoms with Crippen molar-refractivity contribution < 1.29 is 14.6 Å². The molecule has 3 aliphatic rings. The van der Waals surface area contributed by atoms with Crippen molar-refractivity contribution in [3.63, 3.8) is 0 Å². The second-order valence-electron chi connectivity index (χ2n) is 11.7. The van der Waals surface area contributed by atoms with E-state index in [1.165, 1.54) is 38.5 Å². The first-order valence-electron chi connectivity index (χ1n) is 12.8. The van der Waals surface area contributed by atoms with Gasteiger partial charge in [-0.05, 0) is 80.5 Å². The van der Waals surface area contributed by atoms with Gasteiger partial charge in [0.25, 0.3) is 0 Å². The zero-order chi connectivity index (χ0) is 22.6. The van der Waals surface area contributed by atoms with Gasteiger partial charge in [0.1, 0.15) is 5.78 Å². The molecule has 0 radical (unpaired) electrons. The molecule has 4 unspecified atom stereocenters. The molecule has 5 atom stereocenters. The van der Waals surface area contributed by atoms with E-state index in [1.807, 2.05) is 12.2 Å². The van der Waals surface area contributed by atoms with Gasteiger partial charge < -0.3 is 9.84 Å². The second-order valence-corrected chi connectivity index (χ2v) is 12.3. The zero-order valence-corrected chi connectivity index (χ0v) is 20.9. The van der Waals surface area contributed by atoms with Crippen LogP contribution in [0.2, 0.25) is 0 Å². The van der Waals surface area contributed by atoms with Gasteiger partial charge in [0, 0.05) is 30.2 Å². The first-order chi connectivity index (χ1) is 14.7. The van der Waals surface area contributed by atoms with Gasteiger partial charge in [-0.1, -0.05) is 39.8 Å². The van der Waals surface area contributed by atoms with Crippen LogP contribution in [0.4, 0.5) is 0 Å². The highest BCUT2D eigenvalue weighted by Crippen LogP contribution is 2.51. The van der Waals surface area contributed by atoms with Crippen molar-refractivity contribution in [2.24, 2.45) is 40.9 Å². The summed E-state index contributed by atoms with van der Waals surface area (Å²) in [6.45, 7) is 10.4. The van der Waals surface area contributed by atoms with Crippen LogP contribution in [0.1, 0.15) is 85.5 Å². The third kappa shape index (κ3) is 6.81. The number of allylic oxidation sites excluding steroid dienone is 1. The number of ketones is 1. The molecule has 1 saturated heterocycles. The Morgan fingerprint density at radius 1 is 1.10 bits per heavy atom. The average Bonchev–Trinajstić information content (AvgIpc) is 3.23. The van der Waals surface area contributed by atoms with Gasteiger partial charge in [-0.3, -0.25) is 4.79 Å². The van der Waals surface area contributed by atoms with Crippen molar-refractivity contribution in [1.29, 1.82) is 0 Å². The van der Waals surface area contributed by atoms with Crippen molar-refractivity contribution in [2.45, 2.75) is 97.0 Å². The van der Waals surface area contributed by atoms with Gasteiger partial charge in [0.2, 0.25) is 0 Å². The lowest BCUT2D eigenvalue weighted by Gasteiger charge is -2.47. The molecule has 1 N–H and O–H groups in total. The molecule has 2 aliphatic carbocycles. The summed E-state index contributed by atoms with van der Waals surface area (Å²) in [6, 6.07) is 0. The largest absolute Gasteiger partial charge is 0.389 e. The molecule has 1 heterocycles. The lowest BCUT2D eigenvalue weighted by Crippen LogP contribution is -2.39. The monoisotopic (exact) mass is 452 g/mol. The molecular weight excluding hydrogens is 408 g/mol. The number of carbonyl (C=O) groups is 1. The highest BCUT2D eigenvalue weighted by molar-refractivity contribution is 6.20. The van der Waals surface area contributed by atoms with Crippen LogP contribution in [0.25, 0.3) is 0 Å². The van der Waals surface area contributed by atoms with E-state index in [-0.39, 0.29) is 17.8 Å². The summed E-state index contributed by atoms with van der Waals surface area (Å²) in [5.74, 6) is 2.75. The molecule has 4 heteroatoms. The molecule has 31 heavy (non-hydrogen) atoms. The zero-order valence-electron chi connectivity index (χ0n) is 20.2. The van der Waals surface area contributed by atoms with E-state index in [9.17, 15) is 9.90 Å². The first kappa shape index (κ1) is 25.2. The minimum absolute atomic E-state index is 0.100. The lowest BCUT2D eigenvalue weighted by molar-refractivity contribution is -0.124. The fourth-order valence-electron chi connectivity index (χ4n) is 6.67. The standard InChI is InChI=1S/C27H45ClO3/c1-18(2)23(10-12-25(29)21-13-14-31-17-21)26(30)15-19-5-11-24(27(3,4)16-19)20-6-8-22(28)9-7-20/h10,12,18-25,29H,5-9,11,13-17H2,1-4H3/b12-10+/t19?,20?,21?,22?,23-,24?,25?/m1/s1. The lowest BCUT2D eigenvalue weighted by atomic mass is 9.58. The molecule has 0 aromatic heterocycles. The van der Waals surface area contributed by atoms with Gasteiger partial charge in [-0.15, -0.1) is 11.6 Å². The van der Waals surface area contributed by atoms with E-state index >= 15 is 0 Å². The normalized spacial score (nSPS) is 36.0. The smallest absolute Gasteiger partial charge is 0.140 e. The predicted molar refractivity (Wildman–Crippen MR) is 128 cm³/mol. The number of aliphatic hydroxyl groups excluding tert-OH is 1. The number of ether oxygens (including phenoxy) is 1. The minimum Gasteiger partial charge on any atom is -0.389 e. The third-order valence-corrected chi connectivity index (χ3v) is 8.95. The molecule has 0 bridgehead atoms. The number of alkyl halides is 1. The fourth-order valence-corrected chi connectivity index (χ4v) is 6.92. The van der Waals surface area contributed by atoms with Crippen LogP contribution in [0.15, 0.2) is 12.2 Å². The fraction of sp³-hybridized carbons (Fsp3) is 0.889. The first-order valence-corrected chi connectivity index (χ1v) is 13.2. The van der Waals surface area contributed by atoms with E-state index in [0.717, 1.165) is 31.3 Å². The van der Waals surface area contributed by atoms with Gasteiger partial charge in [0.15, 0.2) is 0 Å². The van der Waals surface area contributed by atoms with Gasteiger partial charge >= 0.3 is 0 Å². The molecule has 1 aliphatic heterocycles. The van der Waals surface area contributed by atoms with Crippen molar-refractivity contribution in [2.75, 3.05) is 13.2 Å². The number of hydrogen-bond acceptors (Lipinski definition) is 3. The maximum atomic E-state index is 13.2. The summed E-state index contributed by atoms with van der Waals surface area (Å²) in [4.78, 5) is 13.2. The van der Waals surface area contributed by atoms with Crippen molar-refractivity contribution >= 4 is 17.4 Å². The Kier molecular flexibility index (Phi) is 9.09. The quantitative estimate of drug-likeness (QED) is 0.341. The Morgan fingerprint density at radius 2 is 1.81 bits per heavy atom. The number of aliphatic hydroxyl groups is 1. The van der Waals surface area contributed by atoms with Gasteiger partial charge in [0.05, 0.1) is 12.7 Å². The summed E-state index contributed by atoms with van der Waals surface area (Å²) in [5.41, 5.74) is 0.300.